The predicted octanol–water partition coefficient (Wildman–Crippen LogP) is 4.50. The highest BCUT2D eigenvalue weighted by Gasteiger charge is 2.23. The molecule has 0 spiro atoms. The monoisotopic (exact) mass is 481 g/mol. The zero-order chi connectivity index (χ0) is 24.2. The number of amides is 1. The van der Waals surface area contributed by atoms with E-state index in [2.05, 4.69) is 27.4 Å². The van der Waals surface area contributed by atoms with Crippen LogP contribution in [0.15, 0.2) is 48.5 Å². The van der Waals surface area contributed by atoms with Gasteiger partial charge >= 0.3 is 5.69 Å². The minimum atomic E-state index is -0.399. The van der Waals surface area contributed by atoms with Gasteiger partial charge in [-0.3, -0.25) is 24.5 Å². The maximum atomic E-state index is 12.7. The van der Waals surface area contributed by atoms with Gasteiger partial charge in [0.25, 0.3) is 5.91 Å². The predicted molar refractivity (Wildman–Crippen MR) is 131 cm³/mol. The van der Waals surface area contributed by atoms with Crippen molar-refractivity contribution in [1.82, 2.24) is 20.0 Å². The number of aromatic nitrogens is 2. The molecule has 4 rings (SSSR count). The van der Waals surface area contributed by atoms with Crippen LogP contribution in [0.2, 0.25) is 5.02 Å². The molecule has 34 heavy (non-hydrogen) atoms. The molecule has 1 aliphatic rings. The lowest BCUT2D eigenvalue weighted by molar-refractivity contribution is -0.386. The number of likely N-dealkylation sites (tertiary alicyclic amines) is 1. The summed E-state index contributed by atoms with van der Waals surface area (Å²) in [5.74, 6) is -0.0792. The number of carbonyl (C=O) groups excluding carboxylic acids is 1. The van der Waals surface area contributed by atoms with E-state index in [1.807, 2.05) is 24.3 Å². The zero-order valence-corrected chi connectivity index (χ0v) is 20.1. The van der Waals surface area contributed by atoms with Gasteiger partial charge in [0.2, 0.25) is 0 Å². The van der Waals surface area contributed by atoms with Crippen molar-refractivity contribution >= 4 is 23.2 Å². The van der Waals surface area contributed by atoms with E-state index in [1.165, 1.54) is 5.56 Å². The second-order valence-electron chi connectivity index (χ2n) is 8.78. The number of piperidine rings is 1. The summed E-state index contributed by atoms with van der Waals surface area (Å²) in [5, 5.41) is 19.4. The molecule has 1 aromatic heterocycles. The minimum Gasteiger partial charge on any atom is -0.349 e. The van der Waals surface area contributed by atoms with E-state index in [0.29, 0.717) is 23.5 Å². The lowest BCUT2D eigenvalue weighted by Crippen LogP contribution is -2.44. The fourth-order valence-electron chi connectivity index (χ4n) is 4.39. The van der Waals surface area contributed by atoms with Gasteiger partial charge in [0.15, 0.2) is 0 Å². The maximum Gasteiger partial charge on any atom is 0.312 e. The van der Waals surface area contributed by atoms with Crippen molar-refractivity contribution in [3.63, 3.8) is 0 Å². The van der Waals surface area contributed by atoms with Crippen LogP contribution in [-0.2, 0) is 13.1 Å². The van der Waals surface area contributed by atoms with Crippen molar-refractivity contribution in [3.05, 3.63) is 91.7 Å². The summed E-state index contributed by atoms with van der Waals surface area (Å²) in [6.45, 7) is 6.49. The van der Waals surface area contributed by atoms with Gasteiger partial charge in [0, 0.05) is 36.3 Å². The summed E-state index contributed by atoms with van der Waals surface area (Å²) in [6.07, 6.45) is 1.82. The second kappa shape index (κ2) is 10.4. The number of carbonyl (C=O) groups is 1. The van der Waals surface area contributed by atoms with Crippen LogP contribution in [0.4, 0.5) is 5.69 Å². The molecule has 0 aliphatic carbocycles. The number of hydrogen-bond donors (Lipinski definition) is 1. The van der Waals surface area contributed by atoms with Gasteiger partial charge in [-0.25, -0.2) is 0 Å². The number of halogens is 1. The largest absolute Gasteiger partial charge is 0.349 e. The molecular weight excluding hydrogens is 454 g/mol. The van der Waals surface area contributed by atoms with Gasteiger partial charge in [0.1, 0.15) is 11.4 Å². The van der Waals surface area contributed by atoms with Gasteiger partial charge < -0.3 is 5.32 Å². The molecule has 0 bridgehead atoms. The van der Waals surface area contributed by atoms with E-state index in [4.69, 9.17) is 11.6 Å². The summed E-state index contributed by atoms with van der Waals surface area (Å²) < 4.78 is 1.63. The summed E-state index contributed by atoms with van der Waals surface area (Å²) in [5.41, 5.74) is 3.74. The zero-order valence-electron chi connectivity index (χ0n) is 19.3. The SMILES string of the molecule is Cc1nn(Cc2ccc(C(=O)NC3CCN(Cc4ccc(Cl)cc4)CC3)cc2)c(C)c1[N+](=O)[O-]. The Morgan fingerprint density at radius 2 is 1.65 bits per heavy atom. The van der Waals surface area contributed by atoms with Crippen LogP contribution in [0.25, 0.3) is 0 Å². The molecule has 8 nitrogen and oxygen atoms in total. The molecule has 1 fully saturated rings. The molecule has 2 heterocycles. The first kappa shape index (κ1) is 23.9. The standard InChI is InChI=1S/C25H28ClN5O3/c1-17-24(31(33)34)18(2)30(28-17)16-20-3-7-21(8-4-20)25(32)27-23-11-13-29(14-12-23)15-19-5-9-22(26)10-6-19/h3-10,23H,11-16H2,1-2H3,(H,27,32). The quantitative estimate of drug-likeness (QED) is 0.396. The second-order valence-corrected chi connectivity index (χ2v) is 9.22. The molecule has 0 atom stereocenters. The Bertz CT molecular complexity index is 1170. The fraction of sp³-hybridized carbons (Fsp3) is 0.360. The molecule has 178 valence electrons. The average Bonchev–Trinajstić information content (AvgIpc) is 3.10. The summed E-state index contributed by atoms with van der Waals surface area (Å²) in [7, 11) is 0. The third-order valence-corrected chi connectivity index (χ3v) is 6.57. The van der Waals surface area contributed by atoms with Crippen LogP contribution in [0.1, 0.15) is 45.7 Å². The molecular formula is C25H28ClN5O3. The number of nitro groups is 1. The average molecular weight is 482 g/mol. The Hall–Kier alpha value is -3.23. The van der Waals surface area contributed by atoms with E-state index >= 15 is 0 Å². The number of hydrogen-bond acceptors (Lipinski definition) is 5. The first-order chi connectivity index (χ1) is 16.3. The Morgan fingerprint density at radius 1 is 1.06 bits per heavy atom. The van der Waals surface area contributed by atoms with Gasteiger partial charge in [-0.05, 0) is 62.1 Å². The van der Waals surface area contributed by atoms with Crippen LogP contribution in [0, 0.1) is 24.0 Å². The van der Waals surface area contributed by atoms with Crippen molar-refractivity contribution < 1.29 is 9.72 Å². The molecule has 0 unspecified atom stereocenters. The molecule has 2 aromatic carbocycles. The Morgan fingerprint density at radius 3 is 2.24 bits per heavy atom. The Kier molecular flexibility index (Phi) is 7.29. The third-order valence-electron chi connectivity index (χ3n) is 6.32. The van der Waals surface area contributed by atoms with Gasteiger partial charge in [-0.2, -0.15) is 5.10 Å². The van der Waals surface area contributed by atoms with Crippen molar-refractivity contribution in [1.29, 1.82) is 0 Å². The minimum absolute atomic E-state index is 0.0511. The smallest absolute Gasteiger partial charge is 0.312 e. The van der Waals surface area contributed by atoms with Crippen LogP contribution < -0.4 is 5.32 Å². The fourth-order valence-corrected chi connectivity index (χ4v) is 4.52. The molecule has 1 amide bonds. The van der Waals surface area contributed by atoms with E-state index in [-0.39, 0.29) is 17.6 Å². The highest BCUT2D eigenvalue weighted by Crippen LogP contribution is 2.23. The highest BCUT2D eigenvalue weighted by atomic mass is 35.5. The van der Waals surface area contributed by atoms with Crippen molar-refractivity contribution in [2.24, 2.45) is 0 Å². The molecule has 1 aliphatic heterocycles. The van der Waals surface area contributed by atoms with Crippen molar-refractivity contribution in [2.45, 2.75) is 45.8 Å². The molecule has 1 N–H and O–H groups in total. The lowest BCUT2D eigenvalue weighted by Gasteiger charge is -2.32. The molecule has 9 heteroatoms. The van der Waals surface area contributed by atoms with Crippen LogP contribution in [0.5, 0.6) is 0 Å². The molecule has 0 radical (unpaired) electrons. The van der Waals surface area contributed by atoms with Crippen molar-refractivity contribution in [2.75, 3.05) is 13.1 Å². The molecule has 1 saturated heterocycles. The maximum absolute atomic E-state index is 12.7. The van der Waals surface area contributed by atoms with E-state index in [1.54, 1.807) is 30.7 Å². The highest BCUT2D eigenvalue weighted by molar-refractivity contribution is 6.30. The van der Waals surface area contributed by atoms with E-state index in [0.717, 1.165) is 43.1 Å². The topological polar surface area (TPSA) is 93.3 Å². The Balaban J connectivity index is 1.28. The number of nitrogens with zero attached hydrogens (tertiary/aromatic N) is 4. The van der Waals surface area contributed by atoms with Gasteiger partial charge in [-0.15, -0.1) is 0 Å². The molecule has 3 aromatic rings. The first-order valence-electron chi connectivity index (χ1n) is 11.3. The summed E-state index contributed by atoms with van der Waals surface area (Å²) in [4.78, 5) is 25.9. The number of nitrogens with one attached hydrogen (secondary N) is 1. The van der Waals surface area contributed by atoms with E-state index < -0.39 is 4.92 Å². The summed E-state index contributed by atoms with van der Waals surface area (Å²) >= 11 is 5.96. The van der Waals surface area contributed by atoms with Crippen LogP contribution in [-0.4, -0.2) is 44.6 Å². The molecule has 0 saturated carbocycles. The number of benzene rings is 2. The third kappa shape index (κ3) is 5.63. The summed E-state index contributed by atoms with van der Waals surface area (Å²) in [6, 6.07) is 15.4. The first-order valence-corrected chi connectivity index (χ1v) is 11.7. The number of aryl methyl sites for hydroxylation is 1. The Labute approximate surface area is 203 Å². The van der Waals surface area contributed by atoms with Crippen LogP contribution >= 0.6 is 11.6 Å². The number of rotatable bonds is 7. The normalized spacial score (nSPS) is 14.8. The van der Waals surface area contributed by atoms with Gasteiger partial charge in [-0.1, -0.05) is 35.9 Å². The van der Waals surface area contributed by atoms with Gasteiger partial charge in [0.05, 0.1) is 11.5 Å². The van der Waals surface area contributed by atoms with E-state index in [9.17, 15) is 14.9 Å². The van der Waals surface area contributed by atoms with Crippen molar-refractivity contribution in [3.8, 4) is 0 Å². The lowest BCUT2D eigenvalue weighted by atomic mass is 10.0. The van der Waals surface area contributed by atoms with Crippen LogP contribution in [0.3, 0.4) is 0 Å².